The summed E-state index contributed by atoms with van der Waals surface area (Å²) in [4.78, 5) is 2.40. The van der Waals surface area contributed by atoms with Crippen LogP contribution in [0.3, 0.4) is 0 Å². The topological polar surface area (TPSA) is 3.24 Å². The van der Waals surface area contributed by atoms with Crippen molar-refractivity contribution in [3.63, 3.8) is 0 Å². The third kappa shape index (κ3) is 3.08. The standard InChI is InChI=1S/C41H29N/c1-3-13-28(14-4-1)42(29-15-5-2-6-16-29)30-25-26-36-32-18-8-7-17-31(32)33-20-11-23-38(33)41(40(36)27-30)37-22-10-9-19-34(37)35-21-12-24-39(35)41/h1-22,25-27H,23-24H2. The Morgan fingerprint density at radius 2 is 0.976 bits per heavy atom. The van der Waals surface area contributed by atoms with Crippen LogP contribution in [0.25, 0.3) is 22.3 Å². The average Bonchev–Trinajstić information content (AvgIpc) is 3.78. The molecule has 42 heavy (non-hydrogen) atoms. The molecule has 0 heterocycles. The second-order valence-corrected chi connectivity index (χ2v) is 11.6. The van der Waals surface area contributed by atoms with Crippen LogP contribution in [0, 0.1) is 0 Å². The van der Waals surface area contributed by atoms with Gasteiger partial charge < -0.3 is 4.90 Å². The van der Waals surface area contributed by atoms with Gasteiger partial charge in [0.25, 0.3) is 0 Å². The van der Waals surface area contributed by atoms with Crippen LogP contribution in [0.5, 0.6) is 0 Å². The molecular weight excluding hydrogens is 506 g/mol. The summed E-state index contributed by atoms with van der Waals surface area (Å²) in [6, 6.07) is 46.9. The van der Waals surface area contributed by atoms with E-state index in [1.54, 1.807) is 0 Å². The van der Waals surface area contributed by atoms with Crippen molar-refractivity contribution in [2.75, 3.05) is 4.90 Å². The van der Waals surface area contributed by atoms with Gasteiger partial charge in [-0.3, -0.25) is 0 Å². The number of hydrogen-bond acceptors (Lipinski definition) is 1. The lowest BCUT2D eigenvalue weighted by molar-refractivity contribution is 0.702. The Morgan fingerprint density at radius 1 is 0.429 bits per heavy atom. The van der Waals surface area contributed by atoms with Crippen LogP contribution in [0.2, 0.25) is 0 Å². The first-order chi connectivity index (χ1) is 20.9. The van der Waals surface area contributed by atoms with Crippen molar-refractivity contribution >= 4 is 28.2 Å². The molecule has 5 aromatic carbocycles. The van der Waals surface area contributed by atoms with E-state index >= 15 is 0 Å². The molecule has 4 aliphatic carbocycles. The molecule has 1 heteroatoms. The highest BCUT2D eigenvalue weighted by Gasteiger charge is 2.52. The second-order valence-electron chi connectivity index (χ2n) is 11.6. The van der Waals surface area contributed by atoms with Gasteiger partial charge >= 0.3 is 0 Å². The van der Waals surface area contributed by atoms with Gasteiger partial charge in [0.15, 0.2) is 0 Å². The van der Waals surface area contributed by atoms with Gasteiger partial charge in [0.2, 0.25) is 0 Å². The second kappa shape index (κ2) is 8.93. The number of allylic oxidation sites excluding steroid dienone is 8. The Labute approximate surface area is 247 Å². The minimum Gasteiger partial charge on any atom is -0.310 e. The smallest absolute Gasteiger partial charge is 0.0658 e. The predicted molar refractivity (Wildman–Crippen MR) is 175 cm³/mol. The van der Waals surface area contributed by atoms with Crippen molar-refractivity contribution in [2.24, 2.45) is 0 Å². The zero-order valence-electron chi connectivity index (χ0n) is 23.3. The number of benzene rings is 5. The number of fused-ring (bicyclic) bond motifs is 10. The van der Waals surface area contributed by atoms with Gasteiger partial charge in [-0.15, -0.1) is 0 Å². The highest BCUT2D eigenvalue weighted by Crippen LogP contribution is 2.64. The quantitative estimate of drug-likeness (QED) is 0.222. The van der Waals surface area contributed by atoms with Gasteiger partial charge in [0.05, 0.1) is 5.41 Å². The highest BCUT2D eigenvalue weighted by molar-refractivity contribution is 6.01. The summed E-state index contributed by atoms with van der Waals surface area (Å²) < 4.78 is 0. The Balaban J connectivity index is 1.41. The minimum atomic E-state index is -0.322. The zero-order valence-corrected chi connectivity index (χ0v) is 23.3. The van der Waals surface area contributed by atoms with Crippen LogP contribution in [0.1, 0.15) is 35.1 Å². The fourth-order valence-electron chi connectivity index (χ4n) is 8.02. The number of anilines is 3. The maximum absolute atomic E-state index is 2.51. The van der Waals surface area contributed by atoms with Gasteiger partial charge in [-0.25, -0.2) is 0 Å². The molecule has 198 valence electrons. The van der Waals surface area contributed by atoms with Crippen LogP contribution >= 0.6 is 0 Å². The van der Waals surface area contributed by atoms with Crippen molar-refractivity contribution in [3.05, 3.63) is 185 Å². The maximum Gasteiger partial charge on any atom is 0.0658 e. The van der Waals surface area contributed by atoms with Crippen molar-refractivity contribution in [1.29, 1.82) is 0 Å². The third-order valence-electron chi connectivity index (χ3n) is 9.59. The predicted octanol–water partition coefficient (Wildman–Crippen LogP) is 10.6. The Morgan fingerprint density at radius 3 is 1.64 bits per heavy atom. The molecular formula is C41H29N. The normalized spacial score (nSPS) is 19.0. The summed E-state index contributed by atoms with van der Waals surface area (Å²) in [7, 11) is 0. The Bertz CT molecular complexity index is 1980. The molecule has 0 saturated carbocycles. The van der Waals surface area contributed by atoms with E-state index in [0.717, 1.165) is 24.2 Å². The van der Waals surface area contributed by atoms with Crippen LogP contribution in [-0.2, 0) is 5.41 Å². The molecule has 0 fully saturated rings. The first kappa shape index (κ1) is 23.6. The molecule has 0 aromatic heterocycles. The number of nitrogens with zero attached hydrogens (tertiary/aromatic N) is 1. The van der Waals surface area contributed by atoms with E-state index < -0.39 is 0 Å². The van der Waals surface area contributed by atoms with Crippen molar-refractivity contribution in [2.45, 2.75) is 18.3 Å². The largest absolute Gasteiger partial charge is 0.310 e. The minimum absolute atomic E-state index is 0.322. The van der Waals surface area contributed by atoms with E-state index in [0.29, 0.717) is 0 Å². The fourth-order valence-corrected chi connectivity index (χ4v) is 8.02. The molecule has 0 saturated heterocycles. The summed E-state index contributed by atoms with van der Waals surface area (Å²) in [5.41, 5.74) is 17.2. The first-order valence-electron chi connectivity index (χ1n) is 14.9. The van der Waals surface area contributed by atoms with Crippen LogP contribution in [0.4, 0.5) is 17.1 Å². The van der Waals surface area contributed by atoms with Gasteiger partial charge in [0, 0.05) is 17.1 Å². The SMILES string of the molecule is C1=CC2=C(C1)C1(C3=C(C=CC3)c3ccccc31)c1cc(N(c3ccccc3)c3ccccc3)ccc1-c1ccccc12. The lowest BCUT2D eigenvalue weighted by Crippen LogP contribution is -2.31. The summed E-state index contributed by atoms with van der Waals surface area (Å²) in [6.07, 6.45) is 11.4. The molecule has 1 nitrogen and oxygen atoms in total. The number of hydrogen-bond donors (Lipinski definition) is 0. The highest BCUT2D eigenvalue weighted by atomic mass is 15.1. The van der Waals surface area contributed by atoms with E-state index in [1.165, 1.54) is 61.4 Å². The zero-order chi connectivity index (χ0) is 27.7. The Kier molecular flexibility index (Phi) is 5.01. The lowest BCUT2D eigenvalue weighted by atomic mass is 9.64. The van der Waals surface area contributed by atoms with E-state index in [9.17, 15) is 0 Å². The van der Waals surface area contributed by atoms with E-state index in [-0.39, 0.29) is 5.41 Å². The van der Waals surface area contributed by atoms with Crippen molar-refractivity contribution in [1.82, 2.24) is 0 Å². The maximum atomic E-state index is 2.51. The van der Waals surface area contributed by atoms with Gasteiger partial charge in [-0.1, -0.05) is 115 Å². The van der Waals surface area contributed by atoms with Crippen LogP contribution in [0.15, 0.2) is 163 Å². The molecule has 1 spiro atoms. The summed E-state index contributed by atoms with van der Waals surface area (Å²) >= 11 is 0. The number of para-hydroxylation sites is 2. The fraction of sp³-hybridized carbons (Fsp3) is 0.0732. The van der Waals surface area contributed by atoms with Crippen LogP contribution < -0.4 is 4.90 Å². The molecule has 0 N–H and O–H groups in total. The van der Waals surface area contributed by atoms with Gasteiger partial charge in [-0.05, 0) is 105 Å². The molecule has 0 amide bonds. The van der Waals surface area contributed by atoms with E-state index in [4.69, 9.17) is 0 Å². The van der Waals surface area contributed by atoms with Crippen molar-refractivity contribution < 1.29 is 0 Å². The molecule has 1 unspecified atom stereocenters. The molecule has 5 aromatic rings. The molecule has 0 bridgehead atoms. The van der Waals surface area contributed by atoms with E-state index in [2.05, 4.69) is 157 Å². The average molecular weight is 536 g/mol. The summed E-state index contributed by atoms with van der Waals surface area (Å²) in [5.74, 6) is 0. The summed E-state index contributed by atoms with van der Waals surface area (Å²) in [6.45, 7) is 0. The van der Waals surface area contributed by atoms with Gasteiger partial charge in [-0.2, -0.15) is 0 Å². The number of rotatable bonds is 3. The lowest BCUT2D eigenvalue weighted by Gasteiger charge is -2.38. The molecule has 1 atom stereocenters. The van der Waals surface area contributed by atoms with Crippen LogP contribution in [-0.4, -0.2) is 0 Å². The molecule has 9 rings (SSSR count). The van der Waals surface area contributed by atoms with Gasteiger partial charge in [0.1, 0.15) is 0 Å². The van der Waals surface area contributed by atoms with Crippen molar-refractivity contribution in [3.8, 4) is 11.1 Å². The summed E-state index contributed by atoms with van der Waals surface area (Å²) in [5, 5.41) is 0. The van der Waals surface area contributed by atoms with E-state index in [1.807, 2.05) is 0 Å². The molecule has 0 radical (unpaired) electrons. The molecule has 4 aliphatic rings. The Hall–Kier alpha value is -5.14. The molecule has 0 aliphatic heterocycles. The monoisotopic (exact) mass is 535 g/mol. The third-order valence-corrected chi connectivity index (χ3v) is 9.59. The first-order valence-corrected chi connectivity index (χ1v) is 14.9.